The molecule has 0 spiro atoms. The first kappa shape index (κ1) is 23.1. The van der Waals surface area contributed by atoms with Gasteiger partial charge < -0.3 is 19.4 Å². The predicted octanol–water partition coefficient (Wildman–Crippen LogP) is 5.40. The summed E-state index contributed by atoms with van der Waals surface area (Å²) in [6.45, 7) is 4.97. The van der Waals surface area contributed by atoms with Gasteiger partial charge in [-0.1, -0.05) is 6.07 Å². The smallest absolute Gasteiger partial charge is 0.409 e. The van der Waals surface area contributed by atoms with Gasteiger partial charge in [0.2, 0.25) is 0 Å². The van der Waals surface area contributed by atoms with Gasteiger partial charge >= 0.3 is 6.09 Å². The number of fused-ring (bicyclic) bond motifs is 1. The highest BCUT2D eigenvalue weighted by atomic mass is 32.1. The standard InChI is InChI=1S/C25H29N3O4S2/c1-2-31-25(30)28-13-11-27(12-14-28)22(20-10-6-16-33-20)21-17-7-3-4-9-19(17)34-24(21)26-23(29)18-8-5-15-32-18/h5-6,8,10,15-16,22H,2-4,7,9,11-14H2,1H3,(H,26,29)/t22-/m0/s1. The van der Waals surface area contributed by atoms with Crippen LogP contribution in [0.5, 0.6) is 0 Å². The number of furan rings is 1. The van der Waals surface area contributed by atoms with E-state index in [1.807, 2.05) is 6.92 Å². The van der Waals surface area contributed by atoms with Gasteiger partial charge in [-0.2, -0.15) is 0 Å². The van der Waals surface area contributed by atoms with Crippen LogP contribution in [-0.4, -0.2) is 54.6 Å². The minimum Gasteiger partial charge on any atom is -0.459 e. The minimum absolute atomic E-state index is 0.0364. The van der Waals surface area contributed by atoms with Crippen LogP contribution in [0.1, 0.15) is 57.2 Å². The lowest BCUT2D eigenvalue weighted by Gasteiger charge is -2.39. The first-order chi connectivity index (χ1) is 16.7. The Morgan fingerprint density at radius 3 is 2.68 bits per heavy atom. The van der Waals surface area contributed by atoms with E-state index in [1.54, 1.807) is 39.7 Å². The molecule has 4 heterocycles. The Labute approximate surface area is 207 Å². The molecule has 5 rings (SSSR count). The molecule has 1 fully saturated rings. The largest absolute Gasteiger partial charge is 0.459 e. The number of hydrogen-bond donors (Lipinski definition) is 1. The third-order valence-corrected chi connectivity index (χ3v) is 8.62. The zero-order valence-corrected chi connectivity index (χ0v) is 20.9. The Kier molecular flexibility index (Phi) is 7.03. The van der Waals surface area contributed by atoms with Crippen molar-refractivity contribution in [3.8, 4) is 0 Å². The fourth-order valence-corrected chi connectivity index (χ4v) is 7.06. The zero-order chi connectivity index (χ0) is 23.5. The Bertz CT molecular complexity index is 1120. The third-order valence-electron chi connectivity index (χ3n) is 6.48. The summed E-state index contributed by atoms with van der Waals surface area (Å²) < 4.78 is 10.6. The number of thiophene rings is 2. The van der Waals surface area contributed by atoms with E-state index in [-0.39, 0.29) is 18.0 Å². The maximum absolute atomic E-state index is 12.9. The van der Waals surface area contributed by atoms with Crippen LogP contribution in [0.15, 0.2) is 40.3 Å². The summed E-state index contributed by atoms with van der Waals surface area (Å²) in [6, 6.07) is 7.72. The molecule has 34 heavy (non-hydrogen) atoms. The predicted molar refractivity (Wildman–Crippen MR) is 134 cm³/mol. The Balaban J connectivity index is 1.49. The molecule has 1 aliphatic carbocycles. The number of nitrogens with one attached hydrogen (secondary N) is 1. The van der Waals surface area contributed by atoms with E-state index < -0.39 is 0 Å². The van der Waals surface area contributed by atoms with Gasteiger partial charge in [0.15, 0.2) is 5.76 Å². The van der Waals surface area contributed by atoms with Crippen molar-refractivity contribution in [3.63, 3.8) is 0 Å². The van der Waals surface area contributed by atoms with Gasteiger partial charge in [-0.05, 0) is 61.7 Å². The fourth-order valence-electron chi connectivity index (χ4n) is 4.87. The lowest BCUT2D eigenvalue weighted by molar-refractivity contribution is 0.0718. The molecule has 2 aliphatic rings. The second-order valence-electron chi connectivity index (χ2n) is 8.53. The molecule has 1 saturated heterocycles. The Morgan fingerprint density at radius 1 is 1.15 bits per heavy atom. The fraction of sp³-hybridized carbons (Fsp3) is 0.440. The van der Waals surface area contributed by atoms with Gasteiger partial charge in [0, 0.05) is 41.5 Å². The Hall–Kier alpha value is -2.62. The first-order valence-electron chi connectivity index (χ1n) is 11.8. The summed E-state index contributed by atoms with van der Waals surface area (Å²) in [6.07, 6.45) is 5.71. The van der Waals surface area contributed by atoms with Gasteiger partial charge in [0.1, 0.15) is 5.00 Å². The number of anilines is 1. The van der Waals surface area contributed by atoms with E-state index in [9.17, 15) is 9.59 Å². The lowest BCUT2D eigenvalue weighted by atomic mass is 9.91. The topological polar surface area (TPSA) is 75.0 Å². The SMILES string of the molecule is CCOC(=O)N1CCN([C@@H](c2cccs2)c2c(NC(=O)c3ccco3)sc3c2CCCC3)CC1. The van der Waals surface area contributed by atoms with Gasteiger partial charge in [-0.25, -0.2) is 4.79 Å². The molecule has 0 aromatic carbocycles. The van der Waals surface area contributed by atoms with Crippen molar-refractivity contribution in [1.82, 2.24) is 9.80 Å². The van der Waals surface area contributed by atoms with Crippen LogP contribution in [0, 0.1) is 0 Å². The highest BCUT2D eigenvalue weighted by Gasteiger charge is 2.35. The van der Waals surface area contributed by atoms with Gasteiger partial charge in [-0.15, -0.1) is 22.7 Å². The van der Waals surface area contributed by atoms with Crippen molar-refractivity contribution < 1.29 is 18.7 Å². The van der Waals surface area contributed by atoms with E-state index in [4.69, 9.17) is 9.15 Å². The van der Waals surface area contributed by atoms with Crippen molar-refractivity contribution in [2.45, 2.75) is 38.6 Å². The number of piperazine rings is 1. The van der Waals surface area contributed by atoms with Gasteiger partial charge in [0.05, 0.1) is 18.9 Å². The molecule has 0 radical (unpaired) electrons. The number of nitrogens with zero attached hydrogens (tertiary/aromatic N) is 2. The van der Waals surface area contributed by atoms with E-state index in [1.165, 1.54) is 33.6 Å². The number of ether oxygens (including phenoxy) is 1. The van der Waals surface area contributed by atoms with Crippen LogP contribution in [0.25, 0.3) is 0 Å². The average molecular weight is 500 g/mol. The van der Waals surface area contributed by atoms with Crippen LogP contribution in [-0.2, 0) is 17.6 Å². The second-order valence-corrected chi connectivity index (χ2v) is 10.6. The third kappa shape index (κ3) is 4.64. The molecule has 1 atom stereocenters. The normalized spacial score (nSPS) is 17.3. The molecule has 9 heteroatoms. The number of aryl methyl sites for hydroxylation is 1. The van der Waals surface area contributed by atoms with Crippen LogP contribution in [0.3, 0.4) is 0 Å². The average Bonchev–Trinajstić information content (AvgIpc) is 3.62. The number of hydrogen-bond acceptors (Lipinski definition) is 7. The zero-order valence-electron chi connectivity index (χ0n) is 19.2. The molecular weight excluding hydrogens is 470 g/mol. The second kappa shape index (κ2) is 10.3. The van der Waals surface area contributed by atoms with Gasteiger partial charge in [0.25, 0.3) is 5.91 Å². The Morgan fingerprint density at radius 2 is 1.97 bits per heavy atom. The maximum atomic E-state index is 12.9. The number of rotatable bonds is 6. The molecular formula is C25H29N3O4S2. The molecule has 3 aromatic heterocycles. The minimum atomic E-state index is -0.242. The summed E-state index contributed by atoms with van der Waals surface area (Å²) in [5.41, 5.74) is 2.60. The first-order valence-corrected chi connectivity index (χ1v) is 13.5. The summed E-state index contributed by atoms with van der Waals surface area (Å²) in [7, 11) is 0. The molecule has 1 N–H and O–H groups in total. The van der Waals surface area contributed by atoms with E-state index in [2.05, 4.69) is 27.7 Å². The summed E-state index contributed by atoms with van der Waals surface area (Å²) in [5, 5.41) is 6.20. The molecule has 3 aromatic rings. The van der Waals surface area contributed by atoms with Crippen molar-refractivity contribution in [2.75, 3.05) is 38.1 Å². The van der Waals surface area contributed by atoms with E-state index in [0.29, 0.717) is 25.5 Å². The molecule has 7 nitrogen and oxygen atoms in total. The number of carbonyl (C=O) groups excluding carboxylic acids is 2. The van der Waals surface area contributed by atoms with Gasteiger partial charge in [-0.3, -0.25) is 9.69 Å². The highest BCUT2D eigenvalue weighted by Crippen LogP contribution is 2.46. The van der Waals surface area contributed by atoms with E-state index in [0.717, 1.165) is 37.4 Å². The van der Waals surface area contributed by atoms with Crippen molar-refractivity contribution in [3.05, 3.63) is 62.6 Å². The van der Waals surface area contributed by atoms with Crippen molar-refractivity contribution in [2.24, 2.45) is 0 Å². The quantitative estimate of drug-likeness (QED) is 0.492. The monoisotopic (exact) mass is 499 g/mol. The van der Waals surface area contributed by atoms with Crippen LogP contribution in [0.2, 0.25) is 0 Å². The van der Waals surface area contributed by atoms with Crippen LogP contribution < -0.4 is 5.32 Å². The number of amides is 2. The van der Waals surface area contributed by atoms with Crippen LogP contribution >= 0.6 is 22.7 Å². The number of carbonyl (C=O) groups is 2. The van der Waals surface area contributed by atoms with Crippen molar-refractivity contribution >= 4 is 39.7 Å². The molecule has 180 valence electrons. The molecule has 0 unspecified atom stereocenters. The van der Waals surface area contributed by atoms with Crippen LogP contribution in [0.4, 0.5) is 9.80 Å². The van der Waals surface area contributed by atoms with E-state index >= 15 is 0 Å². The highest BCUT2D eigenvalue weighted by molar-refractivity contribution is 7.16. The summed E-state index contributed by atoms with van der Waals surface area (Å²) in [4.78, 5) is 32.0. The lowest BCUT2D eigenvalue weighted by Crippen LogP contribution is -2.50. The molecule has 0 saturated carbocycles. The van der Waals surface area contributed by atoms with Crippen molar-refractivity contribution in [1.29, 1.82) is 0 Å². The molecule has 0 bridgehead atoms. The molecule has 2 amide bonds. The molecule has 1 aliphatic heterocycles. The summed E-state index contributed by atoms with van der Waals surface area (Å²) in [5.74, 6) is 0.0925. The maximum Gasteiger partial charge on any atom is 0.409 e. The summed E-state index contributed by atoms with van der Waals surface area (Å²) >= 11 is 3.45.